The largest absolute Gasteiger partial charge is 0.507 e. The number of aryl methyl sites for hydroxylation is 1. The number of phenolic OH excluding ortho intramolecular Hbond substituents is 1. The van der Waals surface area contributed by atoms with Crippen LogP contribution >= 0.6 is 0 Å². The molecule has 37 heavy (non-hydrogen) atoms. The Hall–Kier alpha value is -4.00. The van der Waals surface area contributed by atoms with Gasteiger partial charge in [0.1, 0.15) is 11.4 Å². The highest BCUT2D eigenvalue weighted by atomic mass is 32.2. The summed E-state index contributed by atoms with van der Waals surface area (Å²) < 4.78 is 60.7. The van der Waals surface area contributed by atoms with Crippen LogP contribution in [0.1, 0.15) is 12.5 Å². The molecule has 0 aliphatic carbocycles. The number of rotatable bonds is 7. The first-order valence-corrected chi connectivity index (χ1v) is 13.9. The van der Waals surface area contributed by atoms with Crippen molar-refractivity contribution in [2.45, 2.75) is 23.6 Å². The van der Waals surface area contributed by atoms with Gasteiger partial charge in [0, 0.05) is 12.6 Å². The summed E-state index contributed by atoms with van der Waals surface area (Å²) in [5, 5.41) is 19.2. The summed E-state index contributed by atoms with van der Waals surface area (Å²) in [7, 11) is -8.48. The van der Waals surface area contributed by atoms with Gasteiger partial charge in [-0.25, -0.2) is 8.42 Å². The molecule has 0 aromatic heterocycles. The van der Waals surface area contributed by atoms with Crippen LogP contribution < -0.4 is 10.0 Å². The molecule has 0 saturated carbocycles. The lowest BCUT2D eigenvalue weighted by Gasteiger charge is -2.23. The molecule has 4 aromatic rings. The highest BCUT2D eigenvalue weighted by Gasteiger charge is 2.26. The number of nitrogens with zero attached hydrogens (tertiary/aromatic N) is 3. The number of para-hydroxylation sites is 1. The number of azo groups is 1. The molecule has 192 valence electrons. The normalized spacial score (nSPS) is 12.3. The quantitative estimate of drug-likeness (QED) is 0.162. The zero-order chi connectivity index (χ0) is 27.0. The average Bonchev–Trinajstić information content (AvgIpc) is 2.84. The second kappa shape index (κ2) is 9.81. The number of hydrogen-bond donors (Lipinski definition) is 3. The van der Waals surface area contributed by atoms with Gasteiger partial charge in [-0.2, -0.15) is 13.5 Å². The first-order valence-electron chi connectivity index (χ1n) is 11.1. The van der Waals surface area contributed by atoms with E-state index in [1.165, 1.54) is 28.6 Å². The number of hydrogen-bond acceptors (Lipinski definition) is 8. The minimum atomic E-state index is -4.55. The van der Waals surface area contributed by atoms with Crippen LogP contribution in [0, 0.1) is 6.92 Å². The smallest absolute Gasteiger partial charge is 0.294 e. The van der Waals surface area contributed by atoms with E-state index in [1.54, 1.807) is 56.3 Å². The Morgan fingerprint density at radius 2 is 1.62 bits per heavy atom. The van der Waals surface area contributed by atoms with Crippen molar-refractivity contribution in [2.24, 2.45) is 10.2 Å². The van der Waals surface area contributed by atoms with Crippen molar-refractivity contribution in [2.75, 3.05) is 16.6 Å². The molecule has 4 rings (SSSR count). The summed E-state index contributed by atoms with van der Waals surface area (Å²) in [6, 6.07) is 18.3. The predicted octanol–water partition coefficient (Wildman–Crippen LogP) is 5.31. The number of sulfonamides is 1. The van der Waals surface area contributed by atoms with Crippen molar-refractivity contribution >= 4 is 53.7 Å². The van der Waals surface area contributed by atoms with Crippen LogP contribution in [0.5, 0.6) is 5.75 Å². The second-order valence-corrected chi connectivity index (χ2v) is 11.4. The molecule has 0 amide bonds. The van der Waals surface area contributed by atoms with Crippen LogP contribution in [0.4, 0.5) is 22.7 Å². The summed E-state index contributed by atoms with van der Waals surface area (Å²) in [4.78, 5) is -0.432. The summed E-state index contributed by atoms with van der Waals surface area (Å²) >= 11 is 0. The molecular formula is C25H24N4O6S2. The molecule has 0 aliphatic heterocycles. The zero-order valence-electron chi connectivity index (χ0n) is 19.9. The van der Waals surface area contributed by atoms with Crippen LogP contribution in [0.3, 0.4) is 0 Å². The van der Waals surface area contributed by atoms with Crippen molar-refractivity contribution in [1.82, 2.24) is 0 Å². The molecule has 0 aliphatic rings. The van der Waals surface area contributed by atoms with Gasteiger partial charge in [-0.1, -0.05) is 30.3 Å². The number of phenols is 1. The molecule has 10 nitrogen and oxygen atoms in total. The SMILES string of the molecule is CCN(c1ccccc1)S(=O)(=O)c1cc(N=Nc2c(N)ccc3cc(S(=O)(=O)O)cc(O)c23)ccc1C. The van der Waals surface area contributed by atoms with Gasteiger partial charge in [-0.3, -0.25) is 8.86 Å². The van der Waals surface area contributed by atoms with Crippen molar-refractivity contribution in [3.05, 3.63) is 78.4 Å². The fourth-order valence-corrected chi connectivity index (χ4v) is 6.17. The minimum absolute atomic E-state index is 0.0567. The van der Waals surface area contributed by atoms with Crippen molar-refractivity contribution in [1.29, 1.82) is 0 Å². The van der Waals surface area contributed by atoms with Gasteiger partial charge in [-0.05, 0) is 61.2 Å². The van der Waals surface area contributed by atoms with Crippen molar-refractivity contribution in [3.8, 4) is 5.75 Å². The molecule has 0 fully saturated rings. The van der Waals surface area contributed by atoms with Gasteiger partial charge in [0.25, 0.3) is 20.1 Å². The van der Waals surface area contributed by atoms with E-state index in [1.807, 2.05) is 0 Å². The summed E-state index contributed by atoms with van der Waals surface area (Å²) in [5.74, 6) is -0.472. The Morgan fingerprint density at radius 3 is 2.27 bits per heavy atom. The van der Waals surface area contributed by atoms with Crippen LogP contribution in [0.25, 0.3) is 10.8 Å². The first-order chi connectivity index (χ1) is 17.4. The lowest BCUT2D eigenvalue weighted by Crippen LogP contribution is -2.31. The summed E-state index contributed by atoms with van der Waals surface area (Å²) in [6.45, 7) is 3.64. The topological polar surface area (TPSA) is 163 Å². The minimum Gasteiger partial charge on any atom is -0.507 e. The fraction of sp³-hybridized carbons (Fsp3) is 0.120. The number of aromatic hydroxyl groups is 1. The van der Waals surface area contributed by atoms with Crippen LogP contribution in [0.15, 0.2) is 92.8 Å². The first kappa shape index (κ1) is 26.1. The molecule has 0 heterocycles. The summed E-state index contributed by atoms with van der Waals surface area (Å²) in [6.07, 6.45) is 0. The molecular weight excluding hydrogens is 516 g/mol. The van der Waals surface area contributed by atoms with Crippen LogP contribution in [0.2, 0.25) is 0 Å². The second-order valence-electron chi connectivity index (χ2n) is 8.17. The zero-order valence-corrected chi connectivity index (χ0v) is 21.5. The van der Waals surface area contributed by atoms with Crippen molar-refractivity contribution in [3.63, 3.8) is 0 Å². The van der Waals surface area contributed by atoms with Gasteiger partial charge < -0.3 is 10.8 Å². The van der Waals surface area contributed by atoms with Gasteiger partial charge in [0.2, 0.25) is 0 Å². The molecule has 0 spiro atoms. The van der Waals surface area contributed by atoms with Crippen LogP contribution in [-0.2, 0) is 20.1 Å². The van der Waals surface area contributed by atoms with Gasteiger partial charge in [0.05, 0.1) is 32.2 Å². The molecule has 0 atom stereocenters. The van der Waals surface area contributed by atoms with Gasteiger partial charge in [-0.15, -0.1) is 5.11 Å². The van der Waals surface area contributed by atoms with E-state index in [0.29, 0.717) is 11.3 Å². The number of anilines is 2. The maximum atomic E-state index is 13.5. The monoisotopic (exact) mass is 540 g/mol. The highest BCUT2D eigenvalue weighted by Crippen LogP contribution is 2.40. The highest BCUT2D eigenvalue weighted by molar-refractivity contribution is 7.92. The molecule has 0 radical (unpaired) electrons. The Labute approximate surface area is 214 Å². The molecule has 0 saturated heterocycles. The Balaban J connectivity index is 1.79. The molecule has 0 unspecified atom stereocenters. The third-order valence-electron chi connectivity index (χ3n) is 5.71. The van der Waals surface area contributed by atoms with Gasteiger partial charge >= 0.3 is 0 Å². The molecule has 12 heteroatoms. The fourth-order valence-electron chi connectivity index (χ4n) is 3.91. The lowest BCUT2D eigenvalue weighted by molar-refractivity contribution is 0.471. The maximum Gasteiger partial charge on any atom is 0.294 e. The van der Waals surface area contributed by atoms with E-state index in [2.05, 4.69) is 10.2 Å². The Morgan fingerprint density at radius 1 is 0.919 bits per heavy atom. The van der Waals surface area contributed by atoms with E-state index < -0.39 is 30.8 Å². The molecule has 4 N–H and O–H groups in total. The standard InChI is InChI=1S/C25H24N4O6S2/c1-3-29(19-7-5-4-6-8-19)36(31,32)23-14-18(11-9-16(23)2)27-28-25-21(26)12-10-17-13-20(37(33,34)35)15-22(30)24(17)25/h4-15,30H,3,26H2,1-2H3,(H,33,34,35). The number of benzene rings is 4. The van der Waals surface area contributed by atoms with E-state index in [0.717, 1.165) is 6.07 Å². The maximum absolute atomic E-state index is 13.5. The third-order valence-corrected chi connectivity index (χ3v) is 8.59. The van der Waals surface area contributed by atoms with Crippen molar-refractivity contribution < 1.29 is 26.5 Å². The Bertz CT molecular complexity index is 1740. The van der Waals surface area contributed by atoms with E-state index >= 15 is 0 Å². The number of fused-ring (bicyclic) bond motifs is 1. The molecule has 4 aromatic carbocycles. The lowest BCUT2D eigenvalue weighted by atomic mass is 10.1. The van der Waals surface area contributed by atoms with Gasteiger partial charge in [0.15, 0.2) is 0 Å². The van der Waals surface area contributed by atoms with E-state index in [-0.39, 0.29) is 39.3 Å². The predicted molar refractivity (Wildman–Crippen MR) is 142 cm³/mol. The summed E-state index contributed by atoms with van der Waals surface area (Å²) in [5.41, 5.74) is 7.53. The van der Waals surface area contributed by atoms with E-state index in [4.69, 9.17) is 5.73 Å². The average molecular weight is 541 g/mol. The third kappa shape index (κ3) is 5.12. The van der Waals surface area contributed by atoms with Crippen LogP contribution in [-0.4, -0.2) is 33.0 Å². The Kier molecular flexibility index (Phi) is 6.91. The number of nitrogens with two attached hydrogens (primary N) is 1. The van der Waals surface area contributed by atoms with E-state index in [9.17, 15) is 26.5 Å². The number of nitrogen functional groups attached to an aromatic ring is 1. The molecule has 0 bridgehead atoms.